The molecule has 4 heterocycles. The molecule has 0 fully saturated rings. The number of Topliss-reactive ketones (excluding diaryl/α,β-unsaturated/α-hetero) is 4. The van der Waals surface area contributed by atoms with Gasteiger partial charge in [-0.15, -0.1) is 0 Å². The smallest absolute Gasteiger partial charge is 0.870 e. The summed E-state index contributed by atoms with van der Waals surface area (Å²) in [5.41, 5.74) is 10.0. The molecule has 4 aromatic heterocycles. The molecule has 0 bridgehead atoms. The molecule has 19 heteroatoms. The predicted molar refractivity (Wildman–Crippen MR) is 401 cm³/mol. The first-order valence-electron chi connectivity index (χ1n) is 32.6. The summed E-state index contributed by atoms with van der Waals surface area (Å²) in [5.74, 6) is -5.10. The molecule has 4 atom stereocenters. The van der Waals surface area contributed by atoms with E-state index in [2.05, 4.69) is 204 Å². The number of esters is 3. The number of fused-ring (bicyclic) bond motifs is 12. The van der Waals surface area contributed by atoms with Gasteiger partial charge >= 0.3 is 74.5 Å². The molecular formula is C80H89BrClKN4O12. The largest absolute Gasteiger partial charge is 1.00 e. The Labute approximate surface area is 634 Å². The van der Waals surface area contributed by atoms with Crippen molar-refractivity contribution in [1.82, 2.24) is 18.7 Å². The minimum Gasteiger partial charge on any atom is -0.870 e. The number of benzene rings is 8. The topological polar surface area (TPSA) is 225 Å². The van der Waals surface area contributed by atoms with Crippen molar-refractivity contribution in [2.75, 3.05) is 19.8 Å². The first-order chi connectivity index (χ1) is 46.1. The van der Waals surface area contributed by atoms with Crippen LogP contribution < -0.4 is 51.4 Å². The minimum atomic E-state index is -1.08. The third-order valence-electron chi connectivity index (χ3n) is 16.7. The zero-order valence-corrected chi connectivity index (χ0v) is 63.5. The summed E-state index contributed by atoms with van der Waals surface area (Å²) in [4.78, 5) is 95.9. The summed E-state index contributed by atoms with van der Waals surface area (Å²) in [6.45, 7) is 24.0. The van der Waals surface area contributed by atoms with E-state index in [0.29, 0.717) is 28.0 Å². The maximum atomic E-state index is 12.4. The second-order valence-electron chi connectivity index (χ2n) is 23.0. The summed E-state index contributed by atoms with van der Waals surface area (Å²) < 4.78 is 20.7. The summed E-state index contributed by atoms with van der Waals surface area (Å²) in [7, 11) is 0. The van der Waals surface area contributed by atoms with E-state index in [0.717, 1.165) is 62.9 Å². The van der Waals surface area contributed by atoms with Crippen molar-refractivity contribution in [2.45, 2.75) is 139 Å². The number of nitrogens with one attached hydrogen (secondary N) is 1. The number of ether oxygens (including phenoxy) is 3. The zero-order valence-electron chi connectivity index (χ0n) is 58.0. The van der Waals surface area contributed by atoms with Crippen molar-refractivity contribution < 1.29 is 109 Å². The molecule has 16 nitrogen and oxygen atoms in total. The minimum absolute atomic E-state index is 0. The molecule has 12 aromatic rings. The SMILES string of the molecule is C.CCC(C)Br.CCC(C)n1c2ccccc2c2ccccc21.CCOC(=O)C(=O)Cl.CCOC(=O)C(=O)c1ccc2c(c1)c1cc(C(=O)C(C)=O)ccc1n2C(C)CC.CCOC(=O)C(=O)c1ccc2c(c1)c1ccccc1n2C(C)CC.[K+].[OH-].c1ccc2c(c1)[nH]c1ccccc12. The molecule has 4 unspecified atom stereocenters. The number of ketones is 4. The number of nitrogens with zero attached hydrogens (tertiary/aromatic N) is 3. The summed E-state index contributed by atoms with van der Waals surface area (Å²) in [6.07, 6.45) is 4.27. The van der Waals surface area contributed by atoms with Crippen LogP contribution in [-0.4, -0.2) is 95.1 Å². The molecule has 0 radical (unpaired) electrons. The van der Waals surface area contributed by atoms with Crippen molar-refractivity contribution in [3.05, 3.63) is 193 Å². The van der Waals surface area contributed by atoms with Crippen LogP contribution in [0.3, 0.4) is 0 Å². The number of H-pyrrole nitrogens is 1. The summed E-state index contributed by atoms with van der Waals surface area (Å²) in [5, 5.41) is 7.83. The Morgan fingerprint density at radius 1 is 0.394 bits per heavy atom. The number of alkyl halides is 1. The van der Waals surface area contributed by atoms with Crippen molar-refractivity contribution in [2.24, 2.45) is 0 Å². The molecule has 0 spiro atoms. The average molecular weight is 1450 g/mol. The first kappa shape index (κ1) is 83.5. The molecule has 0 aliphatic carbocycles. The van der Waals surface area contributed by atoms with Gasteiger partial charge in [0.25, 0.3) is 11.6 Å². The average Bonchev–Trinajstić information content (AvgIpc) is 1.60. The number of halogens is 2. The van der Waals surface area contributed by atoms with Gasteiger partial charge in [0.2, 0.25) is 5.78 Å². The second kappa shape index (κ2) is 39.8. The van der Waals surface area contributed by atoms with Crippen LogP contribution in [0.2, 0.25) is 0 Å². The van der Waals surface area contributed by atoms with E-state index in [1.165, 1.54) is 57.0 Å². The van der Waals surface area contributed by atoms with Gasteiger partial charge in [0, 0.05) is 134 Å². The van der Waals surface area contributed by atoms with Crippen LogP contribution in [-0.2, 0) is 38.2 Å². The maximum Gasteiger partial charge on any atom is 1.00 e. The van der Waals surface area contributed by atoms with Crippen molar-refractivity contribution >= 4 is 161 Å². The normalized spacial score (nSPS) is 11.7. The Morgan fingerprint density at radius 3 is 0.939 bits per heavy atom. The van der Waals surface area contributed by atoms with Crippen LogP contribution in [0.4, 0.5) is 0 Å². The summed E-state index contributed by atoms with van der Waals surface area (Å²) >= 11 is 8.07. The van der Waals surface area contributed by atoms with E-state index in [1.807, 2.05) is 24.3 Å². The van der Waals surface area contributed by atoms with Crippen LogP contribution in [0.5, 0.6) is 0 Å². The van der Waals surface area contributed by atoms with Gasteiger partial charge in [-0.3, -0.25) is 24.0 Å². The van der Waals surface area contributed by atoms with Gasteiger partial charge in [0.1, 0.15) is 0 Å². The number of carbonyl (C=O) groups is 8. The van der Waals surface area contributed by atoms with Gasteiger partial charge in [-0.2, -0.15) is 0 Å². The van der Waals surface area contributed by atoms with Crippen LogP contribution >= 0.6 is 27.5 Å². The van der Waals surface area contributed by atoms with E-state index in [4.69, 9.17) is 21.1 Å². The Hall–Kier alpha value is -7.91. The fourth-order valence-corrected chi connectivity index (χ4v) is 11.3. The standard InChI is InChI=1S/C23H23NO5.C20H21NO3.C16H17N.C12H9N.C4H9Br.C4H5ClO3.CH4.K.H2O/c1-5-13(3)24-19-9-7-15(21(26)14(4)25)11-17(19)18-12-16(8-10-20(18)24)22(27)23(28)29-6-2;1-4-13(3)21-17-9-7-6-8-15(17)16-12-14(10-11-18(16)21)19(22)20(23)24-5-2;1-3-12(2)17-15-10-6-4-8-13(15)14-9-5-7-11-16(14)17;1-3-7-11-9(5-1)10-6-2-4-8-12(10)13-11;1-3-4(2)5;1-2-8-4(7)3(5)6;;;/h7-13H,5-6H2,1-4H3;6-13H,4-5H2,1-3H3;4-12H,3H2,1-2H3;1-8,13H;4H,3H2,1-2H3;2H2,1H3;1H4;;1H2/q;;;;;;;+1;/p-1. The number of hydrogen-bond acceptors (Lipinski definition) is 12. The van der Waals surface area contributed by atoms with Gasteiger partial charge < -0.3 is 38.4 Å². The molecule has 0 saturated heterocycles. The van der Waals surface area contributed by atoms with Gasteiger partial charge in [0.05, 0.1) is 19.8 Å². The van der Waals surface area contributed by atoms with Crippen LogP contribution in [0.1, 0.15) is 165 Å². The van der Waals surface area contributed by atoms with E-state index in [1.54, 1.807) is 63.2 Å². The fraction of sp³-hybridized carbons (Fsp3) is 0.300. The van der Waals surface area contributed by atoms with Gasteiger partial charge in [-0.05, 0) is 164 Å². The Kier molecular flexibility index (Phi) is 33.5. The van der Waals surface area contributed by atoms with E-state index >= 15 is 0 Å². The van der Waals surface area contributed by atoms with Gasteiger partial charge in [0.15, 0.2) is 5.78 Å². The number of rotatable bonds is 17. The molecule has 12 rings (SSSR count). The molecule has 8 aromatic carbocycles. The molecule has 0 aliphatic heterocycles. The number of hydrogen-bond donors (Lipinski definition) is 1. The van der Waals surface area contributed by atoms with Crippen LogP contribution in [0.15, 0.2) is 176 Å². The molecule has 99 heavy (non-hydrogen) atoms. The number of para-hydroxylation sites is 5. The van der Waals surface area contributed by atoms with Crippen LogP contribution in [0, 0.1) is 0 Å². The second-order valence-corrected chi connectivity index (χ2v) is 24.9. The first-order valence-corrected chi connectivity index (χ1v) is 33.9. The molecule has 0 saturated carbocycles. The fourth-order valence-electron chi connectivity index (χ4n) is 11.2. The zero-order chi connectivity index (χ0) is 69.9. The van der Waals surface area contributed by atoms with Crippen molar-refractivity contribution in [3.63, 3.8) is 0 Å². The predicted octanol–water partition coefficient (Wildman–Crippen LogP) is 16.8. The quantitative estimate of drug-likeness (QED) is 0.0171. The van der Waals surface area contributed by atoms with Crippen molar-refractivity contribution in [1.29, 1.82) is 0 Å². The number of carbonyl (C=O) groups excluding carboxylic acids is 8. The molecular weight excluding hydrogens is 1360 g/mol. The monoisotopic (exact) mass is 1450 g/mol. The van der Waals surface area contributed by atoms with Gasteiger partial charge in [-0.1, -0.05) is 149 Å². The molecule has 2 N–H and O–H groups in total. The Morgan fingerprint density at radius 2 is 0.657 bits per heavy atom. The van der Waals surface area contributed by atoms with Crippen LogP contribution in [0.25, 0.3) is 87.2 Å². The molecule has 0 amide bonds. The molecule has 0 aliphatic rings. The number of aromatic nitrogens is 4. The van der Waals surface area contributed by atoms with E-state index < -0.39 is 46.3 Å². The maximum absolute atomic E-state index is 12.4. The van der Waals surface area contributed by atoms with E-state index in [-0.39, 0.29) is 95.7 Å². The Bertz CT molecular complexity index is 4690. The number of aromatic amines is 1. The van der Waals surface area contributed by atoms with Gasteiger partial charge in [-0.25, -0.2) is 14.4 Å². The third kappa shape index (κ3) is 20.0. The van der Waals surface area contributed by atoms with E-state index in [9.17, 15) is 38.4 Å². The summed E-state index contributed by atoms with van der Waals surface area (Å²) in [6, 6.07) is 59.0. The molecule has 516 valence electrons. The van der Waals surface area contributed by atoms with Crippen molar-refractivity contribution in [3.8, 4) is 0 Å². The Balaban J connectivity index is 0.000000268. The third-order valence-corrected chi connectivity index (χ3v) is 17.5.